The van der Waals surface area contributed by atoms with Gasteiger partial charge >= 0.3 is 0 Å². The number of carbonyl (C=O) groups is 1. The lowest BCUT2D eigenvalue weighted by Gasteiger charge is -2.41. The zero-order valence-electron chi connectivity index (χ0n) is 14.9. The number of amides is 1. The smallest absolute Gasteiger partial charge is 0.250 e. The van der Waals surface area contributed by atoms with Gasteiger partial charge in [-0.3, -0.25) is 19.5 Å². The minimum Gasteiger partial charge on any atom is -0.377 e. The van der Waals surface area contributed by atoms with Crippen LogP contribution >= 0.6 is 0 Å². The first-order valence-corrected chi connectivity index (χ1v) is 9.43. The maximum Gasteiger partial charge on any atom is 0.250 e. The van der Waals surface area contributed by atoms with Gasteiger partial charge in [0.25, 0.3) is 5.91 Å². The molecule has 3 atom stereocenters. The summed E-state index contributed by atoms with van der Waals surface area (Å²) in [6, 6.07) is 6.53. The Morgan fingerprint density at radius 1 is 1.32 bits per heavy atom. The summed E-state index contributed by atoms with van der Waals surface area (Å²) in [6.07, 6.45) is 4.06. The van der Waals surface area contributed by atoms with Crippen LogP contribution in [0.3, 0.4) is 0 Å². The molecule has 6 nitrogen and oxygen atoms in total. The molecule has 0 saturated carbocycles. The van der Waals surface area contributed by atoms with Gasteiger partial charge in [0, 0.05) is 38.0 Å². The largest absolute Gasteiger partial charge is 0.377 e. The molecule has 136 valence electrons. The number of aromatic nitrogens is 1. The first kappa shape index (κ1) is 16.9. The van der Waals surface area contributed by atoms with E-state index in [0.29, 0.717) is 19.2 Å². The molecule has 6 heteroatoms. The third kappa shape index (κ3) is 3.71. The van der Waals surface area contributed by atoms with Crippen LogP contribution in [0.4, 0.5) is 0 Å². The van der Waals surface area contributed by atoms with Gasteiger partial charge in [-0.2, -0.15) is 0 Å². The fourth-order valence-electron chi connectivity index (χ4n) is 4.28. The van der Waals surface area contributed by atoms with Crippen LogP contribution in [0.5, 0.6) is 0 Å². The maximum absolute atomic E-state index is 12.9. The molecule has 0 aromatic carbocycles. The van der Waals surface area contributed by atoms with Crippen molar-refractivity contribution in [2.75, 3.05) is 26.3 Å². The summed E-state index contributed by atoms with van der Waals surface area (Å²) >= 11 is 0. The molecule has 3 saturated heterocycles. The Hall–Kier alpha value is -1.50. The Labute approximate surface area is 149 Å². The first-order valence-electron chi connectivity index (χ1n) is 9.43. The van der Waals surface area contributed by atoms with Gasteiger partial charge in [-0.05, 0) is 44.7 Å². The number of hydroxylamine groups is 2. The lowest BCUT2D eigenvalue weighted by Crippen LogP contribution is -2.53. The van der Waals surface area contributed by atoms with E-state index >= 15 is 0 Å². The van der Waals surface area contributed by atoms with Crippen molar-refractivity contribution in [2.45, 2.75) is 51.3 Å². The van der Waals surface area contributed by atoms with Crippen LogP contribution in [0.15, 0.2) is 18.2 Å². The molecule has 0 aliphatic carbocycles. The lowest BCUT2D eigenvalue weighted by atomic mass is 9.89. The zero-order valence-corrected chi connectivity index (χ0v) is 14.9. The molecule has 0 radical (unpaired) electrons. The number of ether oxygens (including phenoxy) is 1. The van der Waals surface area contributed by atoms with Crippen LogP contribution in [0.2, 0.25) is 0 Å². The fourth-order valence-corrected chi connectivity index (χ4v) is 4.28. The van der Waals surface area contributed by atoms with E-state index in [1.165, 1.54) is 0 Å². The highest BCUT2D eigenvalue weighted by Gasteiger charge is 2.43. The SMILES string of the molecule is Cc1cccc(CN2C[C@H](C(=O)N3CCCCO3)C[C@@H]3OCC[C@@H]32)n1. The van der Waals surface area contributed by atoms with E-state index in [-0.39, 0.29) is 17.9 Å². The second-order valence-corrected chi connectivity index (χ2v) is 7.38. The summed E-state index contributed by atoms with van der Waals surface area (Å²) in [7, 11) is 0. The number of hydrogen-bond donors (Lipinski definition) is 0. The number of aryl methyl sites for hydroxylation is 1. The Morgan fingerprint density at radius 3 is 3.04 bits per heavy atom. The summed E-state index contributed by atoms with van der Waals surface area (Å²) in [4.78, 5) is 25.5. The summed E-state index contributed by atoms with van der Waals surface area (Å²) in [6.45, 7) is 5.70. The summed E-state index contributed by atoms with van der Waals surface area (Å²) in [5, 5.41) is 1.59. The van der Waals surface area contributed by atoms with E-state index in [4.69, 9.17) is 9.57 Å². The average molecular weight is 345 g/mol. The topological polar surface area (TPSA) is 54.9 Å². The Kier molecular flexibility index (Phi) is 5.01. The number of nitrogens with zero attached hydrogens (tertiary/aromatic N) is 3. The second kappa shape index (κ2) is 7.40. The zero-order chi connectivity index (χ0) is 17.2. The molecule has 4 heterocycles. The van der Waals surface area contributed by atoms with E-state index in [0.717, 1.165) is 56.8 Å². The molecule has 0 spiro atoms. The van der Waals surface area contributed by atoms with E-state index in [1.54, 1.807) is 5.06 Å². The minimum absolute atomic E-state index is 0.0535. The Bertz CT molecular complexity index is 618. The predicted octanol–water partition coefficient (Wildman–Crippen LogP) is 1.92. The number of rotatable bonds is 3. The van der Waals surface area contributed by atoms with Crippen molar-refractivity contribution in [1.29, 1.82) is 0 Å². The standard InChI is InChI=1S/C19H27N3O3/c1-14-5-4-6-16(20-14)13-21-12-15(11-18-17(21)7-10-24-18)19(23)22-8-2-3-9-25-22/h4-6,15,17-18H,2-3,7-13H2,1H3/t15-,17+,18+/m1/s1. The maximum atomic E-state index is 12.9. The van der Waals surface area contributed by atoms with E-state index < -0.39 is 0 Å². The third-order valence-electron chi connectivity index (χ3n) is 5.52. The van der Waals surface area contributed by atoms with Crippen molar-refractivity contribution in [3.63, 3.8) is 0 Å². The lowest BCUT2D eigenvalue weighted by molar-refractivity contribution is -0.204. The number of piperidine rings is 1. The van der Waals surface area contributed by atoms with Gasteiger partial charge < -0.3 is 4.74 Å². The van der Waals surface area contributed by atoms with Crippen molar-refractivity contribution in [1.82, 2.24) is 14.9 Å². The molecule has 1 amide bonds. The molecule has 3 fully saturated rings. The van der Waals surface area contributed by atoms with Crippen molar-refractivity contribution >= 4 is 5.91 Å². The number of carbonyl (C=O) groups excluding carboxylic acids is 1. The quantitative estimate of drug-likeness (QED) is 0.838. The van der Waals surface area contributed by atoms with Crippen LogP contribution in [-0.2, 0) is 20.9 Å². The van der Waals surface area contributed by atoms with Crippen molar-refractivity contribution in [2.24, 2.45) is 5.92 Å². The van der Waals surface area contributed by atoms with Crippen LogP contribution in [0.1, 0.15) is 37.1 Å². The summed E-state index contributed by atoms with van der Waals surface area (Å²) in [5.74, 6) is 0.0677. The predicted molar refractivity (Wildman–Crippen MR) is 92.5 cm³/mol. The molecule has 3 aliphatic heterocycles. The highest BCUT2D eigenvalue weighted by Crippen LogP contribution is 2.33. The molecular formula is C19H27N3O3. The van der Waals surface area contributed by atoms with Gasteiger partial charge in [0.15, 0.2) is 0 Å². The van der Waals surface area contributed by atoms with Crippen LogP contribution < -0.4 is 0 Å². The van der Waals surface area contributed by atoms with Gasteiger partial charge in [-0.15, -0.1) is 0 Å². The molecule has 4 rings (SSSR count). The molecular weight excluding hydrogens is 318 g/mol. The third-order valence-corrected chi connectivity index (χ3v) is 5.52. The first-order chi connectivity index (χ1) is 12.2. The number of likely N-dealkylation sites (tertiary alicyclic amines) is 1. The van der Waals surface area contributed by atoms with E-state index in [2.05, 4.69) is 22.0 Å². The normalized spacial score (nSPS) is 30.3. The van der Waals surface area contributed by atoms with Gasteiger partial charge in [-0.25, -0.2) is 5.06 Å². The van der Waals surface area contributed by atoms with Crippen molar-refractivity contribution in [3.8, 4) is 0 Å². The van der Waals surface area contributed by atoms with Gasteiger partial charge in [0.2, 0.25) is 0 Å². The minimum atomic E-state index is -0.0535. The average Bonchev–Trinajstić information content (AvgIpc) is 3.11. The molecule has 0 unspecified atom stereocenters. The Morgan fingerprint density at radius 2 is 2.24 bits per heavy atom. The van der Waals surface area contributed by atoms with Crippen molar-refractivity contribution < 1.29 is 14.4 Å². The van der Waals surface area contributed by atoms with Gasteiger partial charge in [-0.1, -0.05) is 6.07 Å². The van der Waals surface area contributed by atoms with Gasteiger partial charge in [0.05, 0.1) is 24.3 Å². The molecule has 3 aliphatic rings. The molecule has 1 aromatic rings. The molecule has 1 aromatic heterocycles. The second-order valence-electron chi connectivity index (χ2n) is 7.38. The Balaban J connectivity index is 1.48. The summed E-state index contributed by atoms with van der Waals surface area (Å²) in [5.41, 5.74) is 2.09. The number of pyridine rings is 1. The van der Waals surface area contributed by atoms with Crippen LogP contribution in [-0.4, -0.2) is 59.3 Å². The number of fused-ring (bicyclic) bond motifs is 1. The van der Waals surface area contributed by atoms with Gasteiger partial charge in [0.1, 0.15) is 0 Å². The highest BCUT2D eigenvalue weighted by molar-refractivity contribution is 5.78. The van der Waals surface area contributed by atoms with E-state index in [9.17, 15) is 4.79 Å². The monoisotopic (exact) mass is 345 g/mol. The van der Waals surface area contributed by atoms with Crippen molar-refractivity contribution in [3.05, 3.63) is 29.6 Å². The van der Waals surface area contributed by atoms with Crippen LogP contribution in [0.25, 0.3) is 0 Å². The summed E-state index contributed by atoms with van der Waals surface area (Å²) < 4.78 is 5.94. The highest BCUT2D eigenvalue weighted by atomic mass is 16.7. The molecule has 25 heavy (non-hydrogen) atoms. The molecule has 0 N–H and O–H groups in total. The number of hydrogen-bond acceptors (Lipinski definition) is 5. The van der Waals surface area contributed by atoms with Crippen LogP contribution in [0, 0.1) is 12.8 Å². The molecule has 0 bridgehead atoms. The van der Waals surface area contributed by atoms with E-state index in [1.807, 2.05) is 13.0 Å². The fraction of sp³-hybridized carbons (Fsp3) is 0.684.